The monoisotopic (exact) mass is 242 g/mol. The van der Waals surface area contributed by atoms with Crippen LogP contribution in [0.15, 0.2) is 18.2 Å². The minimum atomic E-state index is -2.94. The first-order chi connectivity index (χ1) is 7.44. The van der Waals surface area contributed by atoms with Crippen LogP contribution in [0.5, 0.6) is 5.75 Å². The van der Waals surface area contributed by atoms with E-state index in [1.165, 1.54) is 5.56 Å². The third-order valence-electron chi connectivity index (χ3n) is 2.42. The van der Waals surface area contributed by atoms with E-state index in [9.17, 15) is 8.42 Å². The molecule has 0 unspecified atom stereocenters. The van der Waals surface area contributed by atoms with Crippen molar-refractivity contribution in [3.63, 3.8) is 0 Å². The first-order valence-electron chi connectivity index (χ1n) is 5.35. The van der Waals surface area contributed by atoms with Gasteiger partial charge in [-0.3, -0.25) is 0 Å². The smallest absolute Gasteiger partial charge is 0.153 e. The van der Waals surface area contributed by atoms with Crippen LogP contribution in [0.1, 0.15) is 18.1 Å². The summed E-state index contributed by atoms with van der Waals surface area (Å²) < 4.78 is 27.9. The largest absolute Gasteiger partial charge is 0.492 e. The molecular weight excluding hydrogens is 224 g/mol. The van der Waals surface area contributed by atoms with Crippen LogP contribution in [0.2, 0.25) is 0 Å². The molecule has 4 heteroatoms. The lowest BCUT2D eigenvalue weighted by molar-refractivity contribution is 0.338. The molecule has 0 aromatic heterocycles. The molecule has 16 heavy (non-hydrogen) atoms. The Morgan fingerprint density at radius 2 is 1.94 bits per heavy atom. The van der Waals surface area contributed by atoms with Crippen molar-refractivity contribution in [3.05, 3.63) is 29.3 Å². The van der Waals surface area contributed by atoms with Gasteiger partial charge in [-0.15, -0.1) is 0 Å². The molecular formula is C12H18O3S. The van der Waals surface area contributed by atoms with Crippen molar-refractivity contribution in [2.24, 2.45) is 0 Å². The van der Waals surface area contributed by atoms with Gasteiger partial charge in [0.2, 0.25) is 0 Å². The van der Waals surface area contributed by atoms with Crippen LogP contribution in [-0.4, -0.2) is 26.5 Å². The molecule has 90 valence electrons. The summed E-state index contributed by atoms with van der Waals surface area (Å²) in [5.74, 6) is 1.01. The Morgan fingerprint density at radius 1 is 1.25 bits per heavy atom. The number of ether oxygens (including phenoxy) is 1. The van der Waals surface area contributed by atoms with E-state index >= 15 is 0 Å². The topological polar surface area (TPSA) is 43.4 Å². The standard InChI is InChI=1S/C12H18O3S/c1-4-16(13,14)8-7-15-12-6-5-10(2)9-11(12)3/h5-6,9H,4,7-8H2,1-3H3. The minimum Gasteiger partial charge on any atom is -0.492 e. The molecule has 0 radical (unpaired) electrons. The Morgan fingerprint density at radius 3 is 2.50 bits per heavy atom. The van der Waals surface area contributed by atoms with Crippen LogP contribution in [-0.2, 0) is 9.84 Å². The van der Waals surface area contributed by atoms with Crippen molar-refractivity contribution in [1.82, 2.24) is 0 Å². The second-order valence-corrected chi connectivity index (χ2v) is 6.33. The number of hydrogen-bond donors (Lipinski definition) is 0. The number of rotatable bonds is 5. The van der Waals surface area contributed by atoms with Crippen molar-refractivity contribution < 1.29 is 13.2 Å². The lowest BCUT2D eigenvalue weighted by atomic mass is 10.1. The van der Waals surface area contributed by atoms with Gasteiger partial charge in [0.05, 0.1) is 5.75 Å². The normalized spacial score (nSPS) is 11.4. The number of benzene rings is 1. The fourth-order valence-corrected chi connectivity index (χ4v) is 2.01. The zero-order chi connectivity index (χ0) is 12.2. The van der Waals surface area contributed by atoms with Gasteiger partial charge < -0.3 is 4.74 Å². The maximum absolute atomic E-state index is 11.2. The van der Waals surface area contributed by atoms with Crippen LogP contribution in [0.4, 0.5) is 0 Å². The van der Waals surface area contributed by atoms with Crippen molar-refractivity contribution in [3.8, 4) is 5.75 Å². The molecule has 0 fully saturated rings. The average molecular weight is 242 g/mol. The summed E-state index contributed by atoms with van der Waals surface area (Å²) in [4.78, 5) is 0. The summed E-state index contributed by atoms with van der Waals surface area (Å²) in [6.07, 6.45) is 0. The van der Waals surface area contributed by atoms with E-state index < -0.39 is 9.84 Å². The average Bonchev–Trinajstić information content (AvgIpc) is 2.21. The Balaban J connectivity index is 2.56. The highest BCUT2D eigenvalue weighted by Gasteiger charge is 2.08. The third kappa shape index (κ3) is 3.85. The molecule has 0 aliphatic heterocycles. The maximum Gasteiger partial charge on any atom is 0.153 e. The molecule has 0 aliphatic carbocycles. The Hall–Kier alpha value is -1.03. The molecule has 1 aromatic carbocycles. The lowest BCUT2D eigenvalue weighted by Gasteiger charge is -2.09. The summed E-state index contributed by atoms with van der Waals surface area (Å²) >= 11 is 0. The minimum absolute atomic E-state index is 0.0802. The van der Waals surface area contributed by atoms with E-state index in [1.807, 2.05) is 32.0 Å². The number of aryl methyl sites for hydroxylation is 2. The van der Waals surface area contributed by atoms with Crippen molar-refractivity contribution in [2.45, 2.75) is 20.8 Å². The van der Waals surface area contributed by atoms with Crippen LogP contribution >= 0.6 is 0 Å². The van der Waals surface area contributed by atoms with Crippen molar-refractivity contribution in [2.75, 3.05) is 18.1 Å². The van der Waals surface area contributed by atoms with Crippen molar-refractivity contribution >= 4 is 9.84 Å². The first kappa shape index (κ1) is 13.0. The molecule has 1 aromatic rings. The van der Waals surface area contributed by atoms with E-state index in [1.54, 1.807) is 6.92 Å². The highest BCUT2D eigenvalue weighted by atomic mass is 32.2. The zero-order valence-electron chi connectivity index (χ0n) is 9.99. The molecule has 0 amide bonds. The van der Waals surface area contributed by atoms with Crippen LogP contribution in [0.3, 0.4) is 0 Å². The molecule has 0 spiro atoms. The van der Waals surface area contributed by atoms with E-state index in [0.717, 1.165) is 11.3 Å². The van der Waals surface area contributed by atoms with Gasteiger partial charge in [0.15, 0.2) is 9.84 Å². The molecule has 0 saturated carbocycles. The van der Waals surface area contributed by atoms with Crippen molar-refractivity contribution in [1.29, 1.82) is 0 Å². The number of hydrogen-bond acceptors (Lipinski definition) is 3. The predicted molar refractivity (Wildman–Crippen MR) is 65.7 cm³/mol. The molecule has 1 rings (SSSR count). The zero-order valence-corrected chi connectivity index (χ0v) is 10.8. The van der Waals surface area contributed by atoms with Gasteiger partial charge in [-0.05, 0) is 25.5 Å². The second kappa shape index (κ2) is 5.34. The quantitative estimate of drug-likeness (QED) is 0.794. The lowest BCUT2D eigenvalue weighted by Crippen LogP contribution is -2.15. The molecule has 0 aliphatic rings. The van der Waals surface area contributed by atoms with E-state index in [2.05, 4.69) is 0 Å². The summed E-state index contributed by atoms with van der Waals surface area (Å²) in [5.41, 5.74) is 2.21. The third-order valence-corrected chi connectivity index (χ3v) is 4.09. The fraction of sp³-hybridized carbons (Fsp3) is 0.500. The van der Waals surface area contributed by atoms with Gasteiger partial charge in [0, 0.05) is 5.75 Å². The van der Waals surface area contributed by atoms with Gasteiger partial charge >= 0.3 is 0 Å². The van der Waals surface area contributed by atoms with Gasteiger partial charge in [0.25, 0.3) is 0 Å². The van der Waals surface area contributed by atoms with Crippen LogP contribution in [0, 0.1) is 13.8 Å². The van der Waals surface area contributed by atoms with Gasteiger partial charge in [-0.25, -0.2) is 8.42 Å². The maximum atomic E-state index is 11.2. The Bertz CT molecular complexity index is 449. The first-order valence-corrected chi connectivity index (χ1v) is 7.17. The van der Waals surface area contributed by atoms with E-state index in [0.29, 0.717) is 0 Å². The molecule has 0 N–H and O–H groups in total. The van der Waals surface area contributed by atoms with Gasteiger partial charge in [0.1, 0.15) is 12.4 Å². The molecule has 3 nitrogen and oxygen atoms in total. The van der Waals surface area contributed by atoms with Crippen LogP contribution < -0.4 is 4.74 Å². The van der Waals surface area contributed by atoms with Crippen LogP contribution in [0.25, 0.3) is 0 Å². The summed E-state index contributed by atoms with van der Waals surface area (Å²) in [5, 5.41) is 0. The highest BCUT2D eigenvalue weighted by molar-refractivity contribution is 7.91. The number of sulfone groups is 1. The molecule has 0 heterocycles. The molecule has 0 saturated heterocycles. The summed E-state index contributed by atoms with van der Waals surface area (Å²) in [6.45, 7) is 5.83. The Labute approximate surface area is 97.4 Å². The second-order valence-electron chi connectivity index (χ2n) is 3.85. The Kier molecular flexibility index (Phi) is 4.35. The summed E-state index contributed by atoms with van der Waals surface area (Å²) in [7, 11) is -2.94. The fourth-order valence-electron chi connectivity index (χ4n) is 1.38. The molecule has 0 atom stereocenters. The van der Waals surface area contributed by atoms with Gasteiger partial charge in [-0.1, -0.05) is 24.6 Å². The highest BCUT2D eigenvalue weighted by Crippen LogP contribution is 2.18. The predicted octanol–water partition coefficient (Wildman–Crippen LogP) is 2.12. The van der Waals surface area contributed by atoms with Gasteiger partial charge in [-0.2, -0.15) is 0 Å². The van der Waals surface area contributed by atoms with E-state index in [-0.39, 0.29) is 18.1 Å². The molecule has 0 bridgehead atoms. The SMILES string of the molecule is CCS(=O)(=O)CCOc1ccc(C)cc1C. The van der Waals surface area contributed by atoms with E-state index in [4.69, 9.17) is 4.74 Å². The summed E-state index contributed by atoms with van der Waals surface area (Å²) in [6, 6.07) is 5.85.